The van der Waals surface area contributed by atoms with E-state index in [4.69, 9.17) is 36.2 Å². The third-order valence-electron chi connectivity index (χ3n) is 8.73. The monoisotopic (exact) mass is 996 g/mol. The van der Waals surface area contributed by atoms with Crippen molar-refractivity contribution < 1.29 is 90.4 Å². The first kappa shape index (κ1) is 54.1. The van der Waals surface area contributed by atoms with Crippen LogP contribution in [0.2, 0.25) is 0 Å². The minimum Gasteiger partial charge on any atom is -0.481 e. The number of aliphatic carboxylic acids is 2. The van der Waals surface area contributed by atoms with E-state index in [2.05, 4.69) is 39.1 Å². The molecular formula is C31H51N8O19P3S2. The summed E-state index contributed by atoms with van der Waals surface area (Å²) in [6, 6.07) is -2.08. The van der Waals surface area contributed by atoms with Crippen molar-refractivity contribution in [3.8, 4) is 0 Å². The number of fused-ring (bicyclic) bond motifs is 1. The van der Waals surface area contributed by atoms with Crippen LogP contribution in [-0.2, 0) is 62.0 Å². The van der Waals surface area contributed by atoms with E-state index in [0.717, 1.165) is 0 Å². The number of unbranched alkanes of at least 4 members (excludes halogenated alkanes) is 2. The average molecular weight is 997 g/mol. The molecule has 0 aromatic carbocycles. The molecule has 0 aliphatic carbocycles. The van der Waals surface area contributed by atoms with E-state index in [9.17, 15) is 52.6 Å². The van der Waals surface area contributed by atoms with Crippen LogP contribution in [0.25, 0.3) is 11.0 Å². The Balaban J connectivity index is 1.33. The number of aliphatic hydroxyl groups is 1. The number of nitrogen functional groups attached to an aromatic ring is 1. The summed E-state index contributed by atoms with van der Waals surface area (Å²) < 4.78 is 54.0. The molecule has 1 aliphatic rings. The predicted molar refractivity (Wildman–Crippen MR) is 223 cm³/mol. The number of carboxylic acids is 2. The minimum atomic E-state index is -5.74. The van der Waals surface area contributed by atoms with Crippen LogP contribution in [0.4, 0.5) is 5.82 Å². The average Bonchev–Trinajstić information content (AvgIpc) is 3.73. The molecule has 5 unspecified atom stereocenters. The van der Waals surface area contributed by atoms with Crippen molar-refractivity contribution in [2.24, 2.45) is 5.73 Å². The predicted octanol–water partition coefficient (Wildman–Crippen LogP) is 0.264. The zero-order valence-corrected chi connectivity index (χ0v) is 37.6. The van der Waals surface area contributed by atoms with Crippen LogP contribution < -0.4 is 27.4 Å². The molecular weight excluding hydrogens is 945 g/mol. The molecule has 2 aromatic heterocycles. The van der Waals surface area contributed by atoms with Gasteiger partial charge in [-0.1, -0.05) is 28.0 Å². The number of ether oxygens (including phenoxy) is 1. The summed E-state index contributed by atoms with van der Waals surface area (Å²) in [5.41, 5.74) is 13.2. The summed E-state index contributed by atoms with van der Waals surface area (Å²) >= 11 is 0. The first-order valence-electron chi connectivity index (χ1n) is 19.0. The molecule has 7 atom stereocenters. The number of aryl methyl sites for hydroxylation is 1. The molecule has 2 aromatic rings. The number of nitrogens with zero attached hydrogens (tertiary/aromatic N) is 3. The number of phosphoric ester groups is 1. The molecule has 27 nitrogen and oxygen atoms in total. The third-order valence-corrected chi connectivity index (χ3v) is 15.0. The fraction of sp³-hybridized carbons (Fsp3) is 0.645. The molecule has 63 heavy (non-hydrogen) atoms. The molecule has 3 amide bonds. The number of carbonyl (C=O) groups excluding carboxylic acids is 3. The van der Waals surface area contributed by atoms with E-state index >= 15 is 0 Å². The molecule has 0 saturated carbocycles. The zero-order chi connectivity index (χ0) is 47.0. The lowest BCUT2D eigenvalue weighted by molar-refractivity contribution is -0.143. The molecule has 356 valence electrons. The Morgan fingerprint density at radius 3 is 2.32 bits per heavy atom. The highest BCUT2D eigenvalue weighted by atomic mass is 33.1. The number of amides is 3. The number of nitrogens with one attached hydrogen (secondary N) is 3. The molecule has 14 N–H and O–H groups in total. The van der Waals surface area contributed by atoms with Gasteiger partial charge < -0.3 is 71.6 Å². The molecule has 32 heteroatoms. The molecule has 0 spiro atoms. The van der Waals surface area contributed by atoms with Crippen molar-refractivity contribution in [3.05, 3.63) is 18.1 Å². The molecule has 1 saturated heterocycles. The number of anilines is 1. The summed E-state index contributed by atoms with van der Waals surface area (Å²) in [6.45, 7) is -0.233. The lowest BCUT2D eigenvalue weighted by Crippen LogP contribution is -2.42. The fourth-order valence-corrected chi connectivity index (χ4v) is 11.0. The standard InChI is InChI=1S/C31H51N8O19P3S2/c32-19(30(45)35-10-3-1-2-6-24(42)38-20(31(46)47)7-8-26(43)44)16-63-62-12-9-23(41)34-11-4-5-18-14-39(29-27(18)28(33)36-17-37-29)25-13-21(40)22(56-25)15-55-60(51,52)58-61(53,54)57-59(48,49)50/h14,17,19-22,25,40H,1-13,15-16,32H2,(H,34,41)(H,35,45)(H,38,42)(H,43,44)(H,46,47)(H,51,52)(H,53,54)(H2,33,36,37)(H2,48,49,50)/t19?,20?,21?,22-,25-/m1/s1. The zero-order valence-electron chi connectivity index (χ0n) is 33.3. The topological polar surface area (TPSA) is 434 Å². The number of nitrogens with two attached hydrogens (primary N) is 2. The Hall–Kier alpha value is -3.24. The van der Waals surface area contributed by atoms with Crippen molar-refractivity contribution in [1.82, 2.24) is 30.5 Å². The molecule has 1 aliphatic heterocycles. The highest BCUT2D eigenvalue weighted by Gasteiger charge is 2.43. The highest BCUT2D eigenvalue weighted by molar-refractivity contribution is 8.76. The second-order valence-corrected chi connectivity index (χ2v) is 20.8. The number of rotatable bonds is 30. The summed E-state index contributed by atoms with van der Waals surface area (Å²) in [5, 5.41) is 36.8. The maximum absolute atomic E-state index is 12.5. The highest BCUT2D eigenvalue weighted by Crippen LogP contribution is 2.66. The lowest BCUT2D eigenvalue weighted by atomic mass is 10.1. The Labute approximate surface area is 367 Å². The van der Waals surface area contributed by atoms with Crippen molar-refractivity contribution in [1.29, 1.82) is 0 Å². The Bertz CT molecular complexity index is 2050. The number of hydrogen-bond acceptors (Lipinski definition) is 19. The van der Waals surface area contributed by atoms with Crippen LogP contribution in [0.5, 0.6) is 0 Å². The van der Waals surface area contributed by atoms with E-state index < -0.39 is 78.4 Å². The maximum Gasteiger partial charge on any atom is 0.490 e. The van der Waals surface area contributed by atoms with Crippen LogP contribution >= 0.6 is 45.1 Å². The minimum absolute atomic E-state index is 0.0516. The van der Waals surface area contributed by atoms with Crippen LogP contribution in [-0.4, -0.2) is 135 Å². The van der Waals surface area contributed by atoms with Crippen molar-refractivity contribution in [2.75, 3.05) is 36.9 Å². The second-order valence-electron chi connectivity index (χ2n) is 13.7. The van der Waals surface area contributed by atoms with Crippen molar-refractivity contribution in [3.63, 3.8) is 0 Å². The summed E-state index contributed by atoms with van der Waals surface area (Å²) in [7, 11) is -14.1. The Kier molecular flexibility index (Phi) is 21.9. The number of hydrogen-bond donors (Lipinski definition) is 12. The van der Waals surface area contributed by atoms with Gasteiger partial charge in [-0.05, 0) is 37.7 Å². The van der Waals surface area contributed by atoms with Crippen LogP contribution in [0.1, 0.15) is 69.6 Å². The molecule has 3 rings (SSSR count). The maximum atomic E-state index is 12.5. The van der Waals surface area contributed by atoms with Gasteiger partial charge in [0.05, 0.1) is 24.1 Å². The Morgan fingerprint density at radius 1 is 0.921 bits per heavy atom. The van der Waals surface area contributed by atoms with E-state index in [1.54, 1.807) is 10.8 Å². The van der Waals surface area contributed by atoms with Gasteiger partial charge in [-0.15, -0.1) is 0 Å². The van der Waals surface area contributed by atoms with Crippen molar-refractivity contribution >= 4 is 91.6 Å². The van der Waals surface area contributed by atoms with Gasteiger partial charge in [0, 0.05) is 56.5 Å². The van der Waals surface area contributed by atoms with Gasteiger partial charge in [0.2, 0.25) is 17.7 Å². The quantitative estimate of drug-likeness (QED) is 0.0284. The molecule has 3 heterocycles. The summed E-state index contributed by atoms with van der Waals surface area (Å²) in [4.78, 5) is 103. The van der Waals surface area contributed by atoms with Gasteiger partial charge >= 0.3 is 35.4 Å². The van der Waals surface area contributed by atoms with Gasteiger partial charge in [-0.2, -0.15) is 8.62 Å². The van der Waals surface area contributed by atoms with E-state index in [-0.39, 0.29) is 49.7 Å². The SMILES string of the molecule is Nc1ncnc2c1c(CCCNC(=O)CCSSCC(N)C(=O)NCCCCCC(=O)NC(CCC(=O)O)C(=O)O)cn2[C@H]1CC(O)[C@@H](COP(=O)(O)OP(=O)(O)OP(=O)(O)O)O1. The molecule has 0 bridgehead atoms. The fourth-order valence-electron chi connectivity index (χ4n) is 5.81. The number of phosphoric acid groups is 3. The van der Waals surface area contributed by atoms with Crippen LogP contribution in [0.15, 0.2) is 12.5 Å². The van der Waals surface area contributed by atoms with Gasteiger partial charge in [-0.3, -0.25) is 23.7 Å². The van der Waals surface area contributed by atoms with E-state index in [0.29, 0.717) is 73.3 Å². The van der Waals surface area contributed by atoms with E-state index in [1.807, 2.05) is 0 Å². The summed E-state index contributed by atoms with van der Waals surface area (Å²) in [5.74, 6) is -2.66. The number of aliphatic hydroxyl groups excluding tert-OH is 1. The van der Waals surface area contributed by atoms with Gasteiger partial charge in [0.25, 0.3) is 0 Å². The first-order valence-corrected chi connectivity index (χ1v) is 26.0. The summed E-state index contributed by atoms with van der Waals surface area (Å²) in [6.07, 6.45) is 1.40. The van der Waals surface area contributed by atoms with E-state index in [1.165, 1.54) is 27.9 Å². The molecule has 0 radical (unpaired) electrons. The van der Waals surface area contributed by atoms with Crippen LogP contribution in [0.3, 0.4) is 0 Å². The normalized spacial score (nSPS) is 19.4. The molecule has 1 fully saturated rings. The van der Waals surface area contributed by atoms with Crippen LogP contribution in [0, 0.1) is 0 Å². The second kappa shape index (κ2) is 25.5. The smallest absolute Gasteiger partial charge is 0.481 e. The largest absolute Gasteiger partial charge is 0.490 e. The number of carboxylic acid groups (broad SMARTS) is 2. The van der Waals surface area contributed by atoms with Gasteiger partial charge in [0.1, 0.15) is 36.2 Å². The lowest BCUT2D eigenvalue weighted by Gasteiger charge is -2.19. The Morgan fingerprint density at radius 2 is 1.63 bits per heavy atom. The number of carbonyl (C=O) groups is 5. The third kappa shape index (κ3) is 19.8. The number of aromatic nitrogens is 3. The van der Waals surface area contributed by atoms with Crippen molar-refractivity contribution in [2.45, 2.75) is 94.7 Å². The van der Waals surface area contributed by atoms with Gasteiger partial charge in [0.15, 0.2) is 0 Å². The first-order chi connectivity index (χ1) is 29.5. The van der Waals surface area contributed by atoms with Gasteiger partial charge in [-0.25, -0.2) is 28.5 Å².